The third-order valence-electron chi connectivity index (χ3n) is 3.57. The van der Waals surface area contributed by atoms with E-state index in [1.165, 1.54) is 0 Å². The zero-order valence-electron chi connectivity index (χ0n) is 11.2. The summed E-state index contributed by atoms with van der Waals surface area (Å²) in [6, 6.07) is 8.49. The Kier molecular flexibility index (Phi) is 3.47. The largest absolute Gasteiger partial charge is 0.325 e. The van der Waals surface area contributed by atoms with E-state index >= 15 is 0 Å². The molecule has 0 radical (unpaired) electrons. The molecule has 3 nitrogen and oxygen atoms in total. The molecule has 106 valence electrons. The molecule has 0 bridgehead atoms. The molecule has 1 N–H and O–H groups in total. The molecular formula is C16H11Cl2NO2. The zero-order valence-corrected chi connectivity index (χ0v) is 12.7. The molecule has 1 aliphatic heterocycles. The topological polar surface area (TPSA) is 46.2 Å². The van der Waals surface area contributed by atoms with E-state index in [2.05, 4.69) is 5.32 Å². The minimum atomic E-state index is -0.192. The van der Waals surface area contributed by atoms with Gasteiger partial charge >= 0.3 is 0 Å². The third kappa shape index (κ3) is 2.43. The lowest BCUT2D eigenvalue weighted by atomic mass is 9.97. The minimum absolute atomic E-state index is 0.0930. The van der Waals surface area contributed by atoms with Gasteiger partial charge in [-0.1, -0.05) is 35.3 Å². The van der Waals surface area contributed by atoms with E-state index in [-0.39, 0.29) is 18.1 Å². The average molecular weight is 320 g/mol. The van der Waals surface area contributed by atoms with Crippen molar-refractivity contribution in [3.05, 3.63) is 62.6 Å². The Labute approximate surface area is 131 Å². The molecule has 3 rings (SSSR count). The van der Waals surface area contributed by atoms with Gasteiger partial charge < -0.3 is 5.32 Å². The van der Waals surface area contributed by atoms with Crippen molar-refractivity contribution >= 4 is 40.6 Å². The summed E-state index contributed by atoms with van der Waals surface area (Å²) in [6.45, 7) is 1.79. The van der Waals surface area contributed by atoms with E-state index in [0.29, 0.717) is 26.9 Å². The Morgan fingerprint density at radius 1 is 1.14 bits per heavy atom. The second kappa shape index (κ2) is 5.17. The number of hydrogen-bond acceptors (Lipinski definition) is 2. The molecule has 0 aliphatic carbocycles. The van der Waals surface area contributed by atoms with Gasteiger partial charge in [0.25, 0.3) is 0 Å². The van der Waals surface area contributed by atoms with Gasteiger partial charge in [0.15, 0.2) is 5.78 Å². The molecule has 0 saturated carbocycles. The average Bonchev–Trinajstić information content (AvgIpc) is 2.79. The number of benzene rings is 2. The summed E-state index contributed by atoms with van der Waals surface area (Å²) < 4.78 is 0. The first-order chi connectivity index (χ1) is 9.97. The van der Waals surface area contributed by atoms with Crippen molar-refractivity contribution < 1.29 is 9.59 Å². The van der Waals surface area contributed by atoms with Crippen LogP contribution in [0.1, 0.15) is 27.0 Å². The molecule has 1 amide bonds. The van der Waals surface area contributed by atoms with Gasteiger partial charge in [-0.05, 0) is 36.2 Å². The second-order valence-corrected chi connectivity index (χ2v) is 5.77. The Hall–Kier alpha value is -1.84. The zero-order chi connectivity index (χ0) is 15.1. The molecule has 0 atom stereocenters. The molecule has 0 unspecified atom stereocenters. The molecule has 2 aromatic carbocycles. The maximum atomic E-state index is 12.7. The number of anilines is 1. The minimum Gasteiger partial charge on any atom is -0.325 e. The predicted molar refractivity (Wildman–Crippen MR) is 83.4 cm³/mol. The van der Waals surface area contributed by atoms with Gasteiger partial charge in [-0.15, -0.1) is 0 Å². The maximum absolute atomic E-state index is 12.7. The Morgan fingerprint density at radius 2 is 1.90 bits per heavy atom. The van der Waals surface area contributed by atoms with Gasteiger partial charge in [0.2, 0.25) is 5.91 Å². The van der Waals surface area contributed by atoms with Crippen molar-refractivity contribution in [1.29, 1.82) is 0 Å². The van der Waals surface area contributed by atoms with E-state index in [4.69, 9.17) is 23.2 Å². The van der Waals surface area contributed by atoms with Gasteiger partial charge in [-0.3, -0.25) is 9.59 Å². The highest BCUT2D eigenvalue weighted by molar-refractivity contribution is 6.36. The summed E-state index contributed by atoms with van der Waals surface area (Å²) in [5.74, 6) is -0.285. The van der Waals surface area contributed by atoms with Crippen LogP contribution >= 0.6 is 23.2 Å². The number of carbonyl (C=O) groups is 2. The second-order valence-electron chi connectivity index (χ2n) is 4.96. The van der Waals surface area contributed by atoms with Crippen LogP contribution in [0.5, 0.6) is 0 Å². The number of ketones is 1. The van der Waals surface area contributed by atoms with Crippen molar-refractivity contribution in [3.63, 3.8) is 0 Å². The molecule has 1 heterocycles. The fourth-order valence-corrected chi connectivity index (χ4v) is 2.84. The van der Waals surface area contributed by atoms with Crippen molar-refractivity contribution in [2.24, 2.45) is 0 Å². The highest BCUT2D eigenvalue weighted by Crippen LogP contribution is 2.32. The van der Waals surface area contributed by atoms with Crippen LogP contribution in [-0.2, 0) is 11.2 Å². The smallest absolute Gasteiger partial charge is 0.228 e. The van der Waals surface area contributed by atoms with Crippen LogP contribution < -0.4 is 5.32 Å². The van der Waals surface area contributed by atoms with E-state index in [0.717, 1.165) is 11.1 Å². The molecule has 0 spiro atoms. The maximum Gasteiger partial charge on any atom is 0.228 e. The van der Waals surface area contributed by atoms with Crippen LogP contribution in [0.3, 0.4) is 0 Å². The lowest BCUT2D eigenvalue weighted by Crippen LogP contribution is -2.05. The van der Waals surface area contributed by atoms with E-state index in [1.807, 2.05) is 0 Å². The van der Waals surface area contributed by atoms with Gasteiger partial charge in [0, 0.05) is 21.8 Å². The molecule has 21 heavy (non-hydrogen) atoms. The normalized spacial score (nSPS) is 13.0. The van der Waals surface area contributed by atoms with Gasteiger partial charge in [-0.2, -0.15) is 0 Å². The first-order valence-corrected chi connectivity index (χ1v) is 7.15. The predicted octanol–water partition coefficient (Wildman–Crippen LogP) is 4.03. The highest BCUT2D eigenvalue weighted by Gasteiger charge is 2.23. The third-order valence-corrected chi connectivity index (χ3v) is 4.30. The fourth-order valence-electron chi connectivity index (χ4n) is 2.42. The molecule has 0 saturated heterocycles. The van der Waals surface area contributed by atoms with E-state index < -0.39 is 0 Å². The summed E-state index contributed by atoms with van der Waals surface area (Å²) in [6.07, 6.45) is 0.265. The lowest BCUT2D eigenvalue weighted by molar-refractivity contribution is -0.115. The Morgan fingerprint density at radius 3 is 2.67 bits per heavy atom. The van der Waals surface area contributed by atoms with Crippen molar-refractivity contribution in [1.82, 2.24) is 0 Å². The number of rotatable bonds is 2. The van der Waals surface area contributed by atoms with Crippen molar-refractivity contribution in [3.8, 4) is 0 Å². The summed E-state index contributed by atoms with van der Waals surface area (Å²) >= 11 is 12.2. The van der Waals surface area contributed by atoms with Crippen LogP contribution in [0.25, 0.3) is 0 Å². The summed E-state index contributed by atoms with van der Waals surface area (Å²) in [4.78, 5) is 24.1. The van der Waals surface area contributed by atoms with Gasteiger partial charge in [-0.25, -0.2) is 0 Å². The Balaban J connectivity index is 2.09. The lowest BCUT2D eigenvalue weighted by Gasteiger charge is -2.09. The van der Waals surface area contributed by atoms with E-state index in [1.54, 1.807) is 37.3 Å². The summed E-state index contributed by atoms with van der Waals surface area (Å²) in [5, 5.41) is 3.57. The van der Waals surface area contributed by atoms with Crippen molar-refractivity contribution in [2.45, 2.75) is 13.3 Å². The number of carbonyl (C=O) groups excluding carboxylic acids is 2. The molecule has 5 heteroatoms. The number of amides is 1. The van der Waals surface area contributed by atoms with Crippen LogP contribution in [0.4, 0.5) is 5.69 Å². The first-order valence-electron chi connectivity index (χ1n) is 6.39. The van der Waals surface area contributed by atoms with Crippen LogP contribution in [0.2, 0.25) is 10.0 Å². The number of hydrogen-bond donors (Lipinski definition) is 1. The number of nitrogens with one attached hydrogen (secondary N) is 1. The summed E-state index contributed by atoms with van der Waals surface area (Å²) in [7, 11) is 0. The van der Waals surface area contributed by atoms with Gasteiger partial charge in [0.1, 0.15) is 0 Å². The van der Waals surface area contributed by atoms with Crippen molar-refractivity contribution in [2.75, 3.05) is 5.32 Å². The molecule has 0 aromatic heterocycles. The number of fused-ring (bicyclic) bond motifs is 1. The van der Waals surface area contributed by atoms with Crippen LogP contribution in [-0.4, -0.2) is 11.7 Å². The van der Waals surface area contributed by atoms with E-state index in [9.17, 15) is 9.59 Å². The SMILES string of the molecule is Cc1c(Cl)cccc1C(=O)c1cc2c(cc1Cl)NC(=O)C2. The molecular weight excluding hydrogens is 309 g/mol. The molecule has 0 fully saturated rings. The van der Waals surface area contributed by atoms with Crippen LogP contribution in [0, 0.1) is 6.92 Å². The Bertz CT molecular complexity index is 784. The first kappa shape index (κ1) is 14.1. The quantitative estimate of drug-likeness (QED) is 0.849. The fraction of sp³-hybridized carbons (Fsp3) is 0.125. The standard InChI is InChI=1S/C16H11Cl2NO2/c1-8-10(3-2-4-12(8)17)16(21)11-5-9-6-15(20)19-14(9)7-13(11)18/h2-5,7H,6H2,1H3,(H,19,20). The summed E-state index contributed by atoms with van der Waals surface area (Å²) in [5.41, 5.74) is 3.07. The monoisotopic (exact) mass is 319 g/mol. The highest BCUT2D eigenvalue weighted by atomic mass is 35.5. The van der Waals surface area contributed by atoms with Gasteiger partial charge in [0.05, 0.1) is 11.4 Å². The number of halogens is 2. The molecule has 2 aromatic rings. The van der Waals surface area contributed by atoms with Crippen LogP contribution in [0.15, 0.2) is 30.3 Å². The molecule has 1 aliphatic rings.